The molecule has 0 radical (unpaired) electrons. The number of aromatic nitrogens is 1. The molecule has 2 aliphatic heterocycles. The second-order valence-corrected chi connectivity index (χ2v) is 8.05. The van der Waals surface area contributed by atoms with Crippen LogP contribution in [0.15, 0.2) is 54.7 Å². The summed E-state index contributed by atoms with van der Waals surface area (Å²) in [5.41, 5.74) is 2.34. The number of piperidine rings is 1. The van der Waals surface area contributed by atoms with Gasteiger partial charge in [-0.05, 0) is 37.5 Å². The van der Waals surface area contributed by atoms with E-state index in [2.05, 4.69) is 0 Å². The summed E-state index contributed by atoms with van der Waals surface area (Å²) in [5.74, 6) is 0.437. The number of anilines is 1. The van der Waals surface area contributed by atoms with Crippen molar-refractivity contribution in [1.82, 2.24) is 9.47 Å². The average molecular weight is 403 g/mol. The summed E-state index contributed by atoms with van der Waals surface area (Å²) in [7, 11) is 1.94. The Hall–Kier alpha value is -3.28. The van der Waals surface area contributed by atoms with Gasteiger partial charge in [0.25, 0.3) is 11.8 Å². The summed E-state index contributed by atoms with van der Waals surface area (Å²) in [6.45, 7) is 1.74. The summed E-state index contributed by atoms with van der Waals surface area (Å²) < 4.78 is 8.03. The molecule has 1 saturated heterocycles. The molecule has 0 bridgehead atoms. The molecule has 3 heterocycles. The van der Waals surface area contributed by atoms with Crippen LogP contribution >= 0.6 is 0 Å². The molecule has 1 fully saturated rings. The Morgan fingerprint density at radius 2 is 1.70 bits per heavy atom. The highest BCUT2D eigenvalue weighted by molar-refractivity contribution is 6.15. The van der Waals surface area contributed by atoms with Crippen molar-refractivity contribution in [3.63, 3.8) is 0 Å². The Morgan fingerprint density at radius 1 is 0.967 bits per heavy atom. The maximum atomic E-state index is 13.7. The molecule has 0 N–H and O–H groups in total. The maximum absolute atomic E-state index is 13.7. The van der Waals surface area contributed by atoms with Gasteiger partial charge in [-0.2, -0.15) is 0 Å². The lowest BCUT2D eigenvalue weighted by Crippen LogP contribution is -2.52. The van der Waals surface area contributed by atoms with Crippen LogP contribution < -0.4 is 9.64 Å². The minimum atomic E-state index is -0.683. The lowest BCUT2D eigenvalue weighted by atomic mass is 10.1. The Labute approximate surface area is 175 Å². The fraction of sp³-hybridized carbons (Fsp3) is 0.333. The van der Waals surface area contributed by atoms with Crippen molar-refractivity contribution in [3.05, 3.63) is 60.3 Å². The number of benzene rings is 2. The van der Waals surface area contributed by atoms with E-state index < -0.39 is 6.10 Å². The Kier molecular flexibility index (Phi) is 4.69. The first-order chi connectivity index (χ1) is 14.6. The fourth-order valence-corrected chi connectivity index (χ4v) is 4.53. The third-order valence-electron chi connectivity index (χ3n) is 6.09. The second-order valence-electron chi connectivity index (χ2n) is 8.05. The van der Waals surface area contributed by atoms with Crippen molar-refractivity contribution in [1.29, 1.82) is 0 Å². The van der Waals surface area contributed by atoms with Gasteiger partial charge in [0.1, 0.15) is 5.75 Å². The fourth-order valence-electron chi connectivity index (χ4n) is 4.53. The highest BCUT2D eigenvalue weighted by Crippen LogP contribution is 2.35. The molecular weight excluding hydrogens is 378 g/mol. The molecule has 1 atom stereocenters. The van der Waals surface area contributed by atoms with Crippen LogP contribution in [0.4, 0.5) is 5.69 Å². The van der Waals surface area contributed by atoms with Gasteiger partial charge >= 0.3 is 0 Å². The van der Waals surface area contributed by atoms with Crippen molar-refractivity contribution in [2.75, 3.05) is 24.5 Å². The summed E-state index contributed by atoms with van der Waals surface area (Å²) in [5, 5.41) is 0.910. The van der Waals surface area contributed by atoms with E-state index in [0.29, 0.717) is 17.0 Å². The number of rotatable bonds is 2. The van der Waals surface area contributed by atoms with Crippen molar-refractivity contribution in [3.8, 4) is 5.75 Å². The third kappa shape index (κ3) is 3.12. The number of carbonyl (C=O) groups is 2. The normalized spacial score (nSPS) is 18.8. The largest absolute Gasteiger partial charge is 0.476 e. The summed E-state index contributed by atoms with van der Waals surface area (Å²) in [6.07, 6.45) is 4.38. The van der Waals surface area contributed by atoms with E-state index in [4.69, 9.17) is 4.74 Å². The lowest BCUT2D eigenvalue weighted by Gasteiger charge is -2.37. The van der Waals surface area contributed by atoms with Crippen LogP contribution in [0.25, 0.3) is 10.9 Å². The standard InChI is InChI=1S/C24H25N3O3/c1-25-15-18(17-9-3-4-10-19(17)25)23(28)27-16-22(24(29)26-13-7-2-8-14-26)30-21-12-6-5-11-20(21)27/h3-6,9-12,15,22H,2,7-8,13-14,16H2,1H3. The Morgan fingerprint density at radius 3 is 2.53 bits per heavy atom. The zero-order valence-corrected chi connectivity index (χ0v) is 17.1. The van der Waals surface area contributed by atoms with E-state index >= 15 is 0 Å². The quantitative estimate of drug-likeness (QED) is 0.657. The Bertz CT molecular complexity index is 1110. The number of para-hydroxylation sites is 3. The van der Waals surface area contributed by atoms with E-state index in [1.807, 2.05) is 71.2 Å². The molecule has 0 spiro atoms. The predicted molar refractivity (Wildman–Crippen MR) is 116 cm³/mol. The van der Waals surface area contributed by atoms with Crippen molar-refractivity contribution < 1.29 is 14.3 Å². The molecule has 5 rings (SSSR count). The van der Waals surface area contributed by atoms with Crippen LogP contribution in [-0.2, 0) is 11.8 Å². The predicted octanol–water partition coefficient (Wildman–Crippen LogP) is 3.60. The second kappa shape index (κ2) is 7.52. The zero-order valence-electron chi connectivity index (χ0n) is 17.1. The SMILES string of the molecule is Cn1cc(C(=O)N2CC(C(=O)N3CCCCC3)Oc3ccccc32)c2ccccc21. The number of likely N-dealkylation sites (tertiary alicyclic amines) is 1. The molecule has 30 heavy (non-hydrogen) atoms. The number of aryl methyl sites for hydroxylation is 1. The van der Waals surface area contributed by atoms with Crippen LogP contribution in [-0.4, -0.2) is 47.0 Å². The third-order valence-corrected chi connectivity index (χ3v) is 6.09. The van der Waals surface area contributed by atoms with Crippen LogP contribution in [0.2, 0.25) is 0 Å². The highest BCUT2D eigenvalue weighted by atomic mass is 16.5. The summed E-state index contributed by atoms with van der Waals surface area (Å²) >= 11 is 0. The number of fused-ring (bicyclic) bond motifs is 2. The van der Waals surface area contributed by atoms with Gasteiger partial charge in [-0.3, -0.25) is 9.59 Å². The number of amides is 2. The summed E-state index contributed by atoms with van der Waals surface area (Å²) in [6, 6.07) is 15.3. The first-order valence-corrected chi connectivity index (χ1v) is 10.5. The molecule has 2 amide bonds. The van der Waals surface area contributed by atoms with Gasteiger partial charge in [0.05, 0.1) is 17.8 Å². The number of carbonyl (C=O) groups excluding carboxylic acids is 2. The van der Waals surface area contributed by atoms with Crippen LogP contribution in [0.3, 0.4) is 0 Å². The van der Waals surface area contributed by atoms with Gasteiger partial charge in [0, 0.05) is 37.2 Å². The van der Waals surface area contributed by atoms with Gasteiger partial charge in [0.15, 0.2) is 6.10 Å². The van der Waals surface area contributed by atoms with Gasteiger partial charge in [0.2, 0.25) is 0 Å². The molecule has 3 aromatic rings. The van der Waals surface area contributed by atoms with Crippen molar-refractivity contribution in [2.24, 2.45) is 7.05 Å². The van der Waals surface area contributed by atoms with Crippen LogP contribution in [0, 0.1) is 0 Å². The molecule has 1 aromatic heterocycles. The van der Waals surface area contributed by atoms with Crippen molar-refractivity contribution in [2.45, 2.75) is 25.4 Å². The van der Waals surface area contributed by atoms with Crippen molar-refractivity contribution >= 4 is 28.4 Å². The minimum Gasteiger partial charge on any atom is -0.476 e. The minimum absolute atomic E-state index is 0.0278. The molecule has 0 saturated carbocycles. The molecular formula is C24H25N3O3. The average Bonchev–Trinajstić information content (AvgIpc) is 3.14. The number of hydrogen-bond acceptors (Lipinski definition) is 3. The molecule has 0 aliphatic carbocycles. The zero-order chi connectivity index (χ0) is 20.7. The molecule has 2 aromatic carbocycles. The Balaban J connectivity index is 1.51. The molecule has 1 unspecified atom stereocenters. The lowest BCUT2D eigenvalue weighted by molar-refractivity contribution is -0.139. The van der Waals surface area contributed by atoms with E-state index in [9.17, 15) is 9.59 Å². The highest BCUT2D eigenvalue weighted by Gasteiger charge is 2.37. The van der Waals surface area contributed by atoms with E-state index in [-0.39, 0.29) is 18.4 Å². The van der Waals surface area contributed by atoms with E-state index in [1.165, 1.54) is 0 Å². The molecule has 6 nitrogen and oxygen atoms in total. The number of ether oxygens (including phenoxy) is 1. The topological polar surface area (TPSA) is 54.8 Å². The van der Waals surface area contributed by atoms with Gasteiger partial charge in [-0.25, -0.2) is 0 Å². The van der Waals surface area contributed by atoms with E-state index in [1.54, 1.807) is 4.90 Å². The number of hydrogen-bond donors (Lipinski definition) is 0. The molecule has 6 heteroatoms. The number of nitrogens with zero attached hydrogens (tertiary/aromatic N) is 3. The van der Waals surface area contributed by atoms with Crippen LogP contribution in [0.1, 0.15) is 29.6 Å². The van der Waals surface area contributed by atoms with Gasteiger partial charge in [-0.15, -0.1) is 0 Å². The smallest absolute Gasteiger partial charge is 0.265 e. The maximum Gasteiger partial charge on any atom is 0.265 e. The summed E-state index contributed by atoms with van der Waals surface area (Å²) in [4.78, 5) is 30.4. The monoisotopic (exact) mass is 403 g/mol. The molecule has 2 aliphatic rings. The van der Waals surface area contributed by atoms with Crippen LogP contribution in [0.5, 0.6) is 5.75 Å². The first-order valence-electron chi connectivity index (χ1n) is 10.5. The van der Waals surface area contributed by atoms with Gasteiger partial charge < -0.3 is 19.1 Å². The first kappa shape index (κ1) is 18.7. The molecule has 154 valence electrons. The van der Waals surface area contributed by atoms with E-state index in [0.717, 1.165) is 43.3 Å². The van der Waals surface area contributed by atoms with Gasteiger partial charge in [-0.1, -0.05) is 30.3 Å².